The molecule has 0 aliphatic carbocycles. The SMILES string of the molecule is C=CCNC(=NCc1ccc(N2CCCC2=O)cc1)Nc1ccc2c(c1)OCCCO2.I. The first-order valence-corrected chi connectivity index (χ1v) is 10.7. The molecule has 2 aromatic carbocycles. The van der Waals surface area contributed by atoms with Crippen molar-refractivity contribution in [2.75, 3.05) is 36.5 Å². The number of hydrogen-bond acceptors (Lipinski definition) is 4. The minimum absolute atomic E-state index is 0. The van der Waals surface area contributed by atoms with Gasteiger partial charge in [-0.1, -0.05) is 18.2 Å². The second-order valence-electron chi connectivity index (χ2n) is 7.49. The van der Waals surface area contributed by atoms with Crippen LogP contribution in [0.15, 0.2) is 60.1 Å². The third kappa shape index (κ3) is 6.15. The zero-order valence-electron chi connectivity index (χ0n) is 18.0. The van der Waals surface area contributed by atoms with Gasteiger partial charge in [0.15, 0.2) is 17.5 Å². The molecule has 2 N–H and O–H groups in total. The van der Waals surface area contributed by atoms with Gasteiger partial charge in [0.1, 0.15) is 0 Å². The molecule has 0 atom stereocenters. The van der Waals surface area contributed by atoms with Crippen molar-refractivity contribution in [3.63, 3.8) is 0 Å². The van der Waals surface area contributed by atoms with Crippen LogP contribution in [0.5, 0.6) is 11.5 Å². The van der Waals surface area contributed by atoms with Gasteiger partial charge in [-0.3, -0.25) is 4.79 Å². The lowest BCUT2D eigenvalue weighted by molar-refractivity contribution is -0.117. The summed E-state index contributed by atoms with van der Waals surface area (Å²) in [5.41, 5.74) is 2.88. The summed E-state index contributed by atoms with van der Waals surface area (Å²) in [4.78, 5) is 18.5. The van der Waals surface area contributed by atoms with Crippen LogP contribution in [-0.4, -0.2) is 38.2 Å². The van der Waals surface area contributed by atoms with Crippen LogP contribution in [-0.2, 0) is 11.3 Å². The van der Waals surface area contributed by atoms with E-state index in [0.29, 0.717) is 38.7 Å². The minimum Gasteiger partial charge on any atom is -0.490 e. The standard InChI is InChI=1S/C24H28N4O3.HI/c1-2-12-25-24(27-19-8-11-21-22(16-19)31-15-4-14-30-21)26-17-18-6-9-20(10-7-18)28-13-3-5-23(28)29;/h2,6-11,16H,1,3-5,12-15,17H2,(H2,25,26,27);1H. The number of benzene rings is 2. The van der Waals surface area contributed by atoms with Crippen LogP contribution in [0.3, 0.4) is 0 Å². The number of nitrogens with zero attached hydrogens (tertiary/aromatic N) is 2. The van der Waals surface area contributed by atoms with Crippen LogP contribution in [0.4, 0.5) is 11.4 Å². The Morgan fingerprint density at radius 2 is 1.88 bits per heavy atom. The number of fused-ring (bicyclic) bond motifs is 1. The highest BCUT2D eigenvalue weighted by atomic mass is 127. The molecule has 32 heavy (non-hydrogen) atoms. The van der Waals surface area contributed by atoms with Gasteiger partial charge < -0.3 is 25.0 Å². The number of ether oxygens (including phenoxy) is 2. The fourth-order valence-corrected chi connectivity index (χ4v) is 3.56. The predicted molar refractivity (Wildman–Crippen MR) is 138 cm³/mol. The average Bonchev–Trinajstić information content (AvgIpc) is 3.08. The van der Waals surface area contributed by atoms with Crippen molar-refractivity contribution >= 4 is 47.2 Å². The van der Waals surface area contributed by atoms with Crippen molar-refractivity contribution in [2.24, 2.45) is 4.99 Å². The third-order valence-corrected chi connectivity index (χ3v) is 5.17. The highest BCUT2D eigenvalue weighted by Crippen LogP contribution is 2.32. The molecule has 0 aromatic heterocycles. The Bertz CT molecular complexity index is 962. The molecule has 0 bridgehead atoms. The predicted octanol–water partition coefficient (Wildman–Crippen LogP) is 4.34. The Morgan fingerprint density at radius 3 is 2.59 bits per heavy atom. The highest BCUT2D eigenvalue weighted by molar-refractivity contribution is 14.0. The summed E-state index contributed by atoms with van der Waals surface area (Å²) in [6.45, 7) is 6.97. The Labute approximate surface area is 205 Å². The van der Waals surface area contributed by atoms with Crippen LogP contribution in [0.2, 0.25) is 0 Å². The van der Waals surface area contributed by atoms with E-state index in [-0.39, 0.29) is 29.9 Å². The quantitative estimate of drug-likeness (QED) is 0.243. The summed E-state index contributed by atoms with van der Waals surface area (Å²) in [5, 5.41) is 6.56. The third-order valence-electron chi connectivity index (χ3n) is 5.17. The molecule has 2 aliphatic heterocycles. The average molecular weight is 548 g/mol. The molecule has 7 nitrogen and oxygen atoms in total. The van der Waals surface area contributed by atoms with Crippen LogP contribution in [0.25, 0.3) is 0 Å². The molecule has 0 unspecified atom stereocenters. The first-order valence-electron chi connectivity index (χ1n) is 10.7. The summed E-state index contributed by atoms with van der Waals surface area (Å²) >= 11 is 0. The second kappa shape index (κ2) is 11.8. The van der Waals surface area contributed by atoms with Crippen molar-refractivity contribution in [3.8, 4) is 11.5 Å². The smallest absolute Gasteiger partial charge is 0.227 e. The van der Waals surface area contributed by atoms with Gasteiger partial charge in [0, 0.05) is 43.4 Å². The molecule has 2 aliphatic rings. The molecule has 0 radical (unpaired) electrons. The summed E-state index contributed by atoms with van der Waals surface area (Å²) < 4.78 is 11.5. The first-order chi connectivity index (χ1) is 15.2. The molecule has 4 rings (SSSR count). The normalized spacial score (nSPS) is 15.6. The lowest BCUT2D eigenvalue weighted by atomic mass is 10.2. The highest BCUT2D eigenvalue weighted by Gasteiger charge is 2.21. The molecule has 1 amide bonds. The Hall–Kier alpha value is -2.75. The van der Waals surface area contributed by atoms with Crippen molar-refractivity contribution in [1.82, 2.24) is 5.32 Å². The van der Waals surface area contributed by atoms with Gasteiger partial charge in [-0.2, -0.15) is 0 Å². The largest absolute Gasteiger partial charge is 0.490 e. The topological polar surface area (TPSA) is 75.2 Å². The van der Waals surface area contributed by atoms with Crippen molar-refractivity contribution in [3.05, 3.63) is 60.7 Å². The van der Waals surface area contributed by atoms with E-state index in [0.717, 1.165) is 47.8 Å². The van der Waals surface area contributed by atoms with Crippen molar-refractivity contribution < 1.29 is 14.3 Å². The summed E-state index contributed by atoms with van der Waals surface area (Å²) in [6, 6.07) is 13.8. The van der Waals surface area contributed by atoms with Gasteiger partial charge in [-0.05, 0) is 36.2 Å². The van der Waals surface area contributed by atoms with E-state index in [1.165, 1.54) is 0 Å². The number of carbonyl (C=O) groups is 1. The van der Waals surface area contributed by atoms with Gasteiger partial charge in [0.2, 0.25) is 5.91 Å². The van der Waals surface area contributed by atoms with E-state index in [4.69, 9.17) is 14.5 Å². The number of rotatable bonds is 6. The maximum atomic E-state index is 11.9. The number of nitrogens with one attached hydrogen (secondary N) is 2. The minimum atomic E-state index is 0. The number of hydrogen-bond donors (Lipinski definition) is 2. The Morgan fingerprint density at radius 1 is 1.09 bits per heavy atom. The van der Waals surface area contributed by atoms with Gasteiger partial charge in [0.05, 0.1) is 19.8 Å². The van der Waals surface area contributed by atoms with Gasteiger partial charge >= 0.3 is 0 Å². The van der Waals surface area contributed by atoms with E-state index < -0.39 is 0 Å². The molecule has 2 heterocycles. The fourth-order valence-electron chi connectivity index (χ4n) is 3.56. The zero-order chi connectivity index (χ0) is 21.5. The van der Waals surface area contributed by atoms with E-state index in [9.17, 15) is 4.79 Å². The van der Waals surface area contributed by atoms with Crippen LogP contribution in [0.1, 0.15) is 24.8 Å². The van der Waals surface area contributed by atoms with Gasteiger partial charge in [0.25, 0.3) is 0 Å². The Kier molecular flexibility index (Phi) is 8.78. The molecule has 2 aromatic rings. The fraction of sp³-hybridized carbons (Fsp3) is 0.333. The number of carbonyl (C=O) groups excluding carboxylic acids is 1. The molecule has 0 saturated carbocycles. The molecule has 170 valence electrons. The molecular weight excluding hydrogens is 519 g/mol. The summed E-state index contributed by atoms with van der Waals surface area (Å²) in [7, 11) is 0. The van der Waals surface area contributed by atoms with E-state index >= 15 is 0 Å². The van der Waals surface area contributed by atoms with Crippen molar-refractivity contribution in [1.29, 1.82) is 0 Å². The van der Waals surface area contributed by atoms with Crippen LogP contribution >= 0.6 is 24.0 Å². The number of guanidine groups is 1. The van der Waals surface area contributed by atoms with Crippen LogP contribution < -0.4 is 25.0 Å². The molecule has 8 heteroatoms. The van der Waals surface area contributed by atoms with E-state index in [1.807, 2.05) is 47.4 Å². The lowest BCUT2D eigenvalue weighted by Crippen LogP contribution is -2.31. The Balaban J connectivity index is 0.00000289. The molecular formula is C24H29IN4O3. The maximum Gasteiger partial charge on any atom is 0.227 e. The number of anilines is 2. The lowest BCUT2D eigenvalue weighted by Gasteiger charge is -2.16. The first kappa shape index (κ1) is 23.9. The van der Waals surface area contributed by atoms with E-state index in [2.05, 4.69) is 17.2 Å². The number of amides is 1. The summed E-state index contributed by atoms with van der Waals surface area (Å²) in [6.07, 6.45) is 4.22. The zero-order valence-corrected chi connectivity index (χ0v) is 20.3. The molecule has 1 saturated heterocycles. The monoisotopic (exact) mass is 548 g/mol. The van der Waals surface area contributed by atoms with Crippen molar-refractivity contribution in [2.45, 2.75) is 25.8 Å². The van der Waals surface area contributed by atoms with Crippen LogP contribution in [0, 0.1) is 0 Å². The number of aliphatic imine (C=N–C) groups is 1. The van der Waals surface area contributed by atoms with E-state index in [1.54, 1.807) is 6.08 Å². The second-order valence-corrected chi connectivity index (χ2v) is 7.49. The number of halogens is 1. The summed E-state index contributed by atoms with van der Waals surface area (Å²) in [5.74, 6) is 2.34. The van der Waals surface area contributed by atoms with Gasteiger partial charge in [-0.15, -0.1) is 30.6 Å². The molecule has 0 spiro atoms. The molecule has 1 fully saturated rings. The maximum absolute atomic E-state index is 11.9. The van der Waals surface area contributed by atoms with Gasteiger partial charge in [-0.25, -0.2) is 4.99 Å².